The Bertz CT molecular complexity index is 771. The number of anilines is 1. The van der Waals surface area contributed by atoms with E-state index in [1.165, 1.54) is 11.0 Å². The van der Waals surface area contributed by atoms with Gasteiger partial charge in [-0.2, -0.15) is 0 Å². The van der Waals surface area contributed by atoms with Crippen molar-refractivity contribution in [1.29, 1.82) is 0 Å². The number of aromatic hydroxyl groups is 1. The van der Waals surface area contributed by atoms with E-state index in [0.29, 0.717) is 29.2 Å². The quantitative estimate of drug-likeness (QED) is 0.852. The summed E-state index contributed by atoms with van der Waals surface area (Å²) in [5, 5.41) is 15.5. The molecule has 2 amide bonds. The molecule has 2 aromatic carbocycles. The summed E-state index contributed by atoms with van der Waals surface area (Å²) < 4.78 is 0. The molecule has 0 aromatic heterocycles. The minimum absolute atomic E-state index is 0.0432. The lowest BCUT2D eigenvalue weighted by Gasteiger charge is -2.27. The summed E-state index contributed by atoms with van der Waals surface area (Å²) in [5.41, 5.74) is 2.07. The topological polar surface area (TPSA) is 82.0 Å². The average Bonchev–Trinajstić information content (AvgIpc) is 2.56. The Hall–Kier alpha value is -3.15. The number of hydrogen-bond donors (Lipinski definition) is 2. The second kappa shape index (κ2) is 5.69. The number of amides is 2. The third-order valence-electron chi connectivity index (χ3n) is 3.40. The highest BCUT2D eigenvalue weighted by Gasteiger charge is 2.23. The normalized spacial score (nSPS) is 14.3. The average molecular weight is 295 g/mol. The Labute approximate surface area is 126 Å². The summed E-state index contributed by atoms with van der Waals surface area (Å²) in [4.78, 5) is 24.3. The van der Waals surface area contributed by atoms with Crippen molar-refractivity contribution in [2.75, 3.05) is 11.4 Å². The maximum atomic E-state index is 12.3. The van der Waals surface area contributed by atoms with E-state index in [1.54, 1.807) is 42.5 Å². The van der Waals surface area contributed by atoms with Crippen molar-refractivity contribution >= 4 is 23.1 Å². The fourth-order valence-corrected chi connectivity index (χ4v) is 2.32. The molecule has 0 fully saturated rings. The van der Waals surface area contributed by atoms with Gasteiger partial charge < -0.3 is 10.4 Å². The van der Waals surface area contributed by atoms with Crippen LogP contribution in [0.3, 0.4) is 0 Å². The molecular formula is C16H13N3O3. The first-order chi connectivity index (χ1) is 10.7. The van der Waals surface area contributed by atoms with Gasteiger partial charge in [0.15, 0.2) is 0 Å². The summed E-state index contributed by atoms with van der Waals surface area (Å²) in [6.07, 6.45) is 1.82. The zero-order valence-electron chi connectivity index (χ0n) is 11.6. The van der Waals surface area contributed by atoms with Crippen molar-refractivity contribution in [3.63, 3.8) is 0 Å². The molecule has 0 saturated heterocycles. The molecule has 2 N–H and O–H groups in total. The van der Waals surface area contributed by atoms with Crippen molar-refractivity contribution in [1.82, 2.24) is 5.32 Å². The first-order valence-corrected chi connectivity index (χ1v) is 6.69. The highest BCUT2D eigenvalue weighted by atomic mass is 16.3. The molecule has 2 aromatic rings. The number of nitrogens with one attached hydrogen (secondary N) is 1. The Morgan fingerprint density at radius 3 is 2.68 bits per heavy atom. The number of phenolic OH excluding ortho intramolecular Hbond substituents is 1. The first-order valence-electron chi connectivity index (χ1n) is 6.69. The number of carbonyl (C=O) groups is 1. The minimum atomic E-state index is -0.344. The van der Waals surface area contributed by atoms with Crippen LogP contribution in [-0.2, 0) is 0 Å². The van der Waals surface area contributed by atoms with Crippen LogP contribution in [0.5, 0.6) is 5.75 Å². The third-order valence-corrected chi connectivity index (χ3v) is 3.40. The van der Waals surface area contributed by atoms with Crippen LogP contribution >= 0.6 is 0 Å². The highest BCUT2D eigenvalue weighted by Crippen LogP contribution is 2.29. The zero-order chi connectivity index (χ0) is 15.5. The number of nitroso groups, excluding NO2 is 1. The molecule has 0 atom stereocenters. The lowest BCUT2D eigenvalue weighted by molar-refractivity contribution is 0.249. The molecule has 6 nitrogen and oxygen atoms in total. The van der Waals surface area contributed by atoms with Crippen molar-refractivity contribution in [2.24, 2.45) is 5.18 Å². The van der Waals surface area contributed by atoms with Gasteiger partial charge in [-0.15, -0.1) is 4.91 Å². The van der Waals surface area contributed by atoms with Crippen LogP contribution < -0.4 is 10.2 Å². The van der Waals surface area contributed by atoms with Crippen LogP contribution in [-0.4, -0.2) is 17.7 Å². The van der Waals surface area contributed by atoms with Gasteiger partial charge in [0.05, 0.1) is 5.69 Å². The second-order valence-corrected chi connectivity index (χ2v) is 4.79. The number of urea groups is 1. The number of carbonyl (C=O) groups excluding carboxylic acids is 1. The van der Waals surface area contributed by atoms with Crippen LogP contribution in [0.1, 0.15) is 5.56 Å². The van der Waals surface area contributed by atoms with E-state index in [2.05, 4.69) is 10.5 Å². The van der Waals surface area contributed by atoms with E-state index >= 15 is 0 Å². The smallest absolute Gasteiger partial charge is 0.326 e. The predicted octanol–water partition coefficient (Wildman–Crippen LogP) is 3.36. The summed E-state index contributed by atoms with van der Waals surface area (Å²) in [7, 11) is 0. The van der Waals surface area contributed by atoms with E-state index in [-0.39, 0.29) is 11.8 Å². The molecule has 0 spiro atoms. The van der Waals surface area contributed by atoms with Crippen molar-refractivity contribution < 1.29 is 9.90 Å². The van der Waals surface area contributed by atoms with Crippen LogP contribution in [0.15, 0.2) is 59.8 Å². The zero-order valence-corrected chi connectivity index (χ0v) is 11.6. The molecule has 6 heteroatoms. The summed E-state index contributed by atoms with van der Waals surface area (Å²) in [5.74, 6) is 0.0432. The molecular weight excluding hydrogens is 282 g/mol. The number of phenols is 1. The van der Waals surface area contributed by atoms with Crippen molar-refractivity contribution in [2.45, 2.75) is 0 Å². The van der Waals surface area contributed by atoms with E-state index < -0.39 is 0 Å². The number of nitrogens with zero attached hydrogens (tertiary/aromatic N) is 2. The van der Waals surface area contributed by atoms with Crippen LogP contribution in [0, 0.1) is 4.91 Å². The summed E-state index contributed by atoms with van der Waals surface area (Å²) in [6, 6.07) is 13.0. The number of hydrogen-bond acceptors (Lipinski definition) is 4. The van der Waals surface area contributed by atoms with Gasteiger partial charge in [0.2, 0.25) is 0 Å². The van der Waals surface area contributed by atoms with Gasteiger partial charge in [0, 0.05) is 17.8 Å². The van der Waals surface area contributed by atoms with Crippen LogP contribution in [0.25, 0.3) is 5.70 Å². The van der Waals surface area contributed by atoms with E-state index in [9.17, 15) is 14.8 Å². The maximum absolute atomic E-state index is 12.3. The minimum Gasteiger partial charge on any atom is -0.506 e. The molecule has 1 aliphatic heterocycles. The molecule has 0 saturated carbocycles. The molecule has 0 radical (unpaired) electrons. The first kappa shape index (κ1) is 13.8. The molecule has 22 heavy (non-hydrogen) atoms. The number of benzene rings is 2. The van der Waals surface area contributed by atoms with Gasteiger partial charge in [0.25, 0.3) is 0 Å². The highest BCUT2D eigenvalue weighted by molar-refractivity contribution is 6.00. The molecule has 0 unspecified atom stereocenters. The Morgan fingerprint density at radius 1 is 1.14 bits per heavy atom. The van der Waals surface area contributed by atoms with E-state index in [0.717, 1.165) is 0 Å². The van der Waals surface area contributed by atoms with Gasteiger partial charge in [-0.1, -0.05) is 24.3 Å². The standard InChI is InChI=1S/C16H13N3O3/c20-15-7-2-1-6-14(15)19-9-8-13(17-16(19)21)11-4-3-5-12(10-11)18-22/h1-8,10,20H,9H2,(H,17,21). The third kappa shape index (κ3) is 2.54. The molecule has 1 aliphatic rings. The second-order valence-electron chi connectivity index (χ2n) is 4.79. The molecule has 3 rings (SSSR count). The predicted molar refractivity (Wildman–Crippen MR) is 83.9 cm³/mol. The summed E-state index contributed by atoms with van der Waals surface area (Å²) in [6.45, 7) is 0.317. The summed E-state index contributed by atoms with van der Waals surface area (Å²) >= 11 is 0. The van der Waals surface area contributed by atoms with Crippen LogP contribution in [0.4, 0.5) is 16.2 Å². The molecule has 0 aliphatic carbocycles. The maximum Gasteiger partial charge on any atom is 0.326 e. The Balaban J connectivity index is 1.89. The number of rotatable bonds is 3. The lowest BCUT2D eigenvalue weighted by atomic mass is 10.1. The van der Waals surface area contributed by atoms with Gasteiger partial charge in [-0.3, -0.25) is 4.90 Å². The van der Waals surface area contributed by atoms with Gasteiger partial charge in [0.1, 0.15) is 11.4 Å². The Morgan fingerprint density at radius 2 is 1.95 bits per heavy atom. The largest absolute Gasteiger partial charge is 0.506 e. The molecule has 110 valence electrons. The van der Waals surface area contributed by atoms with Crippen molar-refractivity contribution in [3.05, 3.63) is 65.1 Å². The van der Waals surface area contributed by atoms with E-state index in [1.807, 2.05) is 6.08 Å². The van der Waals surface area contributed by atoms with Gasteiger partial charge >= 0.3 is 6.03 Å². The lowest BCUT2D eigenvalue weighted by Crippen LogP contribution is -2.43. The molecule has 1 heterocycles. The van der Waals surface area contributed by atoms with E-state index in [4.69, 9.17) is 0 Å². The monoisotopic (exact) mass is 295 g/mol. The van der Waals surface area contributed by atoms with Gasteiger partial charge in [-0.05, 0) is 35.5 Å². The number of para-hydroxylation sites is 2. The Kier molecular flexibility index (Phi) is 3.57. The SMILES string of the molecule is O=Nc1cccc(C2=CCN(c3ccccc3O)C(=O)N2)c1. The van der Waals surface area contributed by atoms with Gasteiger partial charge in [-0.25, -0.2) is 4.79 Å². The van der Waals surface area contributed by atoms with Crippen LogP contribution in [0.2, 0.25) is 0 Å². The fraction of sp³-hybridized carbons (Fsp3) is 0.0625. The van der Waals surface area contributed by atoms with Crippen molar-refractivity contribution in [3.8, 4) is 5.75 Å². The fourth-order valence-electron chi connectivity index (χ4n) is 2.32. The molecule has 0 bridgehead atoms.